The molecule has 0 aromatic heterocycles. The molecule has 24 heavy (non-hydrogen) atoms. The van der Waals surface area contributed by atoms with Crippen LogP contribution in [0.4, 0.5) is 11.4 Å². The summed E-state index contributed by atoms with van der Waals surface area (Å²) in [5.74, 6) is -0.430. The van der Waals surface area contributed by atoms with E-state index in [9.17, 15) is 20.2 Å². The van der Waals surface area contributed by atoms with Crippen LogP contribution in [0.5, 0.6) is 0 Å². The van der Waals surface area contributed by atoms with E-state index in [0.717, 1.165) is 5.56 Å². The van der Waals surface area contributed by atoms with Gasteiger partial charge >= 0.3 is 0 Å². The van der Waals surface area contributed by atoms with Gasteiger partial charge in [-0.1, -0.05) is 18.2 Å². The highest BCUT2D eigenvalue weighted by molar-refractivity contribution is 6.14. The first kappa shape index (κ1) is 15.4. The smallest absolute Gasteiger partial charge is 0.269 e. The molecule has 0 bridgehead atoms. The molecular formula is C17H12N4O3. The van der Waals surface area contributed by atoms with E-state index < -0.39 is 17.0 Å². The van der Waals surface area contributed by atoms with Gasteiger partial charge in [0.15, 0.2) is 0 Å². The first-order valence-corrected chi connectivity index (χ1v) is 7.14. The van der Waals surface area contributed by atoms with Crippen molar-refractivity contribution in [3.05, 3.63) is 69.8 Å². The van der Waals surface area contributed by atoms with Crippen LogP contribution < -0.4 is 4.90 Å². The fourth-order valence-corrected chi connectivity index (χ4v) is 2.60. The van der Waals surface area contributed by atoms with Crippen molar-refractivity contribution >= 4 is 23.0 Å². The summed E-state index contributed by atoms with van der Waals surface area (Å²) < 4.78 is 0. The van der Waals surface area contributed by atoms with Gasteiger partial charge < -0.3 is 0 Å². The quantitative estimate of drug-likeness (QED) is 0.627. The Labute approximate surface area is 137 Å². The maximum atomic E-state index is 12.9. The minimum Gasteiger partial charge on any atom is -0.272 e. The standard InChI is InChI=1S/C17H12N4O3/c1-11-14-4-2-3-5-15(14)20(16(10-18)19-11)17(22)12-6-8-13(9-7-12)21(23)24/h2-9,16H,1H3. The fourth-order valence-electron chi connectivity index (χ4n) is 2.60. The summed E-state index contributed by atoms with van der Waals surface area (Å²) in [7, 11) is 0. The number of nitriles is 1. The van der Waals surface area contributed by atoms with Crippen LogP contribution in [0.1, 0.15) is 22.8 Å². The SMILES string of the molecule is CC1=NC(C#N)N(C(=O)c2ccc([N+](=O)[O-])cc2)c2ccccc21. The number of carbonyl (C=O) groups excluding carboxylic acids is 1. The molecule has 0 aliphatic carbocycles. The summed E-state index contributed by atoms with van der Waals surface area (Å²) in [6, 6.07) is 14.5. The molecule has 118 valence electrons. The highest BCUT2D eigenvalue weighted by Crippen LogP contribution is 2.30. The molecule has 0 saturated heterocycles. The molecule has 2 aromatic rings. The molecule has 1 atom stereocenters. The zero-order valence-corrected chi connectivity index (χ0v) is 12.7. The number of amides is 1. The summed E-state index contributed by atoms with van der Waals surface area (Å²) >= 11 is 0. The van der Waals surface area contributed by atoms with Crippen LogP contribution in [0.2, 0.25) is 0 Å². The number of hydrogen-bond acceptors (Lipinski definition) is 5. The Hall–Kier alpha value is -3.53. The van der Waals surface area contributed by atoms with Gasteiger partial charge in [0.25, 0.3) is 11.6 Å². The van der Waals surface area contributed by atoms with Crippen LogP contribution in [-0.2, 0) is 0 Å². The number of aliphatic imine (C=N–C) groups is 1. The van der Waals surface area contributed by atoms with Crippen LogP contribution in [-0.4, -0.2) is 22.7 Å². The Kier molecular flexibility index (Phi) is 3.80. The number of nitro groups is 1. The van der Waals surface area contributed by atoms with Gasteiger partial charge in [0.2, 0.25) is 6.17 Å². The number of nitro benzene ring substituents is 1. The molecule has 1 aliphatic heterocycles. The minimum absolute atomic E-state index is 0.101. The molecular weight excluding hydrogens is 308 g/mol. The molecule has 2 aromatic carbocycles. The summed E-state index contributed by atoms with van der Waals surface area (Å²) in [6.45, 7) is 1.79. The number of fused-ring (bicyclic) bond motifs is 1. The summed E-state index contributed by atoms with van der Waals surface area (Å²) in [5.41, 5.74) is 2.21. The topological polar surface area (TPSA) is 99.6 Å². The molecule has 1 amide bonds. The number of hydrogen-bond donors (Lipinski definition) is 0. The van der Waals surface area contributed by atoms with Crippen molar-refractivity contribution in [3.63, 3.8) is 0 Å². The molecule has 7 nitrogen and oxygen atoms in total. The molecule has 3 rings (SSSR count). The summed E-state index contributed by atoms with van der Waals surface area (Å²) in [6.07, 6.45) is -0.970. The van der Waals surface area contributed by atoms with E-state index in [1.54, 1.807) is 19.1 Å². The third-order valence-electron chi connectivity index (χ3n) is 3.77. The third-order valence-corrected chi connectivity index (χ3v) is 3.77. The predicted molar refractivity (Wildman–Crippen MR) is 88.0 cm³/mol. The number of carbonyl (C=O) groups is 1. The zero-order chi connectivity index (χ0) is 17.3. The number of anilines is 1. The number of benzene rings is 2. The zero-order valence-electron chi connectivity index (χ0n) is 12.7. The Morgan fingerprint density at radius 2 is 1.92 bits per heavy atom. The van der Waals surface area contributed by atoms with E-state index in [-0.39, 0.29) is 11.3 Å². The minimum atomic E-state index is -0.970. The lowest BCUT2D eigenvalue weighted by Gasteiger charge is -2.31. The number of non-ortho nitro benzene ring substituents is 1. The van der Waals surface area contributed by atoms with E-state index in [4.69, 9.17) is 0 Å². The van der Waals surface area contributed by atoms with Gasteiger partial charge in [-0.3, -0.25) is 19.8 Å². The van der Waals surface area contributed by atoms with Crippen molar-refractivity contribution < 1.29 is 9.72 Å². The van der Waals surface area contributed by atoms with Gasteiger partial charge in [-0.05, 0) is 25.1 Å². The fraction of sp³-hybridized carbons (Fsp3) is 0.118. The Morgan fingerprint density at radius 3 is 2.54 bits per heavy atom. The van der Waals surface area contributed by atoms with Crippen LogP contribution in [0.25, 0.3) is 0 Å². The van der Waals surface area contributed by atoms with Crippen LogP contribution >= 0.6 is 0 Å². The lowest BCUT2D eigenvalue weighted by molar-refractivity contribution is -0.384. The largest absolute Gasteiger partial charge is 0.272 e. The van der Waals surface area contributed by atoms with Gasteiger partial charge in [-0.15, -0.1) is 0 Å². The van der Waals surface area contributed by atoms with Gasteiger partial charge in [-0.25, -0.2) is 4.99 Å². The third kappa shape index (κ3) is 2.50. The Bertz CT molecular complexity index is 897. The van der Waals surface area contributed by atoms with Crippen molar-refractivity contribution in [2.75, 3.05) is 4.90 Å². The average Bonchev–Trinajstić information content (AvgIpc) is 2.61. The molecule has 1 aliphatic rings. The van der Waals surface area contributed by atoms with Gasteiger partial charge in [-0.2, -0.15) is 5.26 Å². The second kappa shape index (κ2) is 5.93. The van der Waals surface area contributed by atoms with Crippen LogP contribution in [0.15, 0.2) is 53.5 Å². The summed E-state index contributed by atoms with van der Waals surface area (Å²) in [5, 5.41) is 20.1. The first-order chi connectivity index (χ1) is 11.5. The maximum Gasteiger partial charge on any atom is 0.269 e. The normalized spacial score (nSPS) is 15.9. The summed E-state index contributed by atoms with van der Waals surface area (Å²) in [4.78, 5) is 28.6. The van der Waals surface area contributed by atoms with Crippen molar-refractivity contribution in [3.8, 4) is 6.07 Å². The van der Waals surface area contributed by atoms with Gasteiger partial charge in [0.05, 0.1) is 10.6 Å². The molecule has 1 heterocycles. The molecule has 1 unspecified atom stereocenters. The van der Waals surface area contributed by atoms with Crippen molar-refractivity contribution in [1.29, 1.82) is 5.26 Å². The van der Waals surface area contributed by atoms with E-state index in [0.29, 0.717) is 11.4 Å². The van der Waals surface area contributed by atoms with Crippen molar-refractivity contribution in [2.45, 2.75) is 13.1 Å². The van der Waals surface area contributed by atoms with Crippen molar-refractivity contribution in [2.24, 2.45) is 4.99 Å². The highest BCUT2D eigenvalue weighted by Gasteiger charge is 2.31. The number of para-hydroxylation sites is 1. The molecule has 0 N–H and O–H groups in total. The lowest BCUT2D eigenvalue weighted by Crippen LogP contribution is -2.42. The van der Waals surface area contributed by atoms with E-state index in [1.165, 1.54) is 29.2 Å². The van der Waals surface area contributed by atoms with Crippen LogP contribution in [0.3, 0.4) is 0 Å². The molecule has 0 radical (unpaired) electrons. The predicted octanol–water partition coefficient (Wildman–Crippen LogP) is 2.91. The van der Waals surface area contributed by atoms with Crippen LogP contribution in [0, 0.1) is 21.4 Å². The Balaban J connectivity index is 2.05. The number of rotatable bonds is 2. The van der Waals surface area contributed by atoms with Crippen molar-refractivity contribution in [1.82, 2.24) is 0 Å². The van der Waals surface area contributed by atoms with E-state index in [2.05, 4.69) is 4.99 Å². The molecule has 0 spiro atoms. The van der Waals surface area contributed by atoms with E-state index in [1.807, 2.05) is 18.2 Å². The Morgan fingerprint density at radius 1 is 1.25 bits per heavy atom. The lowest BCUT2D eigenvalue weighted by atomic mass is 10.0. The van der Waals surface area contributed by atoms with E-state index >= 15 is 0 Å². The second-order valence-electron chi connectivity index (χ2n) is 5.21. The molecule has 0 saturated carbocycles. The monoisotopic (exact) mass is 320 g/mol. The van der Waals surface area contributed by atoms with Gasteiger partial charge in [0.1, 0.15) is 6.07 Å². The maximum absolute atomic E-state index is 12.9. The molecule has 0 fully saturated rings. The highest BCUT2D eigenvalue weighted by atomic mass is 16.6. The molecule has 7 heteroatoms. The van der Waals surface area contributed by atoms with Gasteiger partial charge in [0, 0.05) is 29.0 Å². The number of nitrogens with zero attached hydrogens (tertiary/aromatic N) is 4. The average molecular weight is 320 g/mol. The second-order valence-corrected chi connectivity index (χ2v) is 5.21. The first-order valence-electron chi connectivity index (χ1n) is 7.14.